The molecule has 4 N–H and O–H groups in total. The molecule has 0 spiro atoms. The lowest BCUT2D eigenvalue weighted by atomic mass is 9.90. The molecule has 4 aromatic rings. The monoisotopic (exact) mass is 504 g/mol. The SMILES string of the molecule is COc1ccc(Cn2nc(Oc3cccnc3N)c3ncc(N4CCC(C)(NC(=O)O)CC4)nc32)cc1. The average Bonchev–Trinajstić information content (AvgIpc) is 3.22. The fourth-order valence-corrected chi connectivity index (χ4v) is 4.35. The van der Waals surface area contributed by atoms with Gasteiger partial charge in [-0.15, -0.1) is 5.10 Å². The molecule has 192 valence electrons. The summed E-state index contributed by atoms with van der Waals surface area (Å²) < 4.78 is 13.0. The topological polar surface area (TPSA) is 154 Å². The lowest BCUT2D eigenvalue weighted by Gasteiger charge is -2.39. The summed E-state index contributed by atoms with van der Waals surface area (Å²) in [7, 11) is 1.63. The van der Waals surface area contributed by atoms with Crippen molar-refractivity contribution >= 4 is 28.9 Å². The van der Waals surface area contributed by atoms with Gasteiger partial charge in [-0.3, -0.25) is 0 Å². The minimum atomic E-state index is -1.01. The molecule has 12 heteroatoms. The van der Waals surface area contributed by atoms with E-state index >= 15 is 0 Å². The molecule has 0 radical (unpaired) electrons. The number of rotatable bonds is 7. The van der Waals surface area contributed by atoms with Crippen molar-refractivity contribution in [3.8, 4) is 17.4 Å². The number of nitrogens with two attached hydrogens (primary N) is 1. The molecule has 3 aromatic heterocycles. The van der Waals surface area contributed by atoms with Crippen molar-refractivity contribution in [3.63, 3.8) is 0 Å². The van der Waals surface area contributed by atoms with Gasteiger partial charge in [0, 0.05) is 24.8 Å². The van der Waals surface area contributed by atoms with Gasteiger partial charge in [0.05, 0.1) is 19.9 Å². The second-order valence-corrected chi connectivity index (χ2v) is 9.18. The predicted octanol–water partition coefficient (Wildman–Crippen LogP) is 3.28. The van der Waals surface area contributed by atoms with Gasteiger partial charge in [-0.2, -0.15) is 0 Å². The van der Waals surface area contributed by atoms with Crippen molar-refractivity contribution in [3.05, 3.63) is 54.4 Å². The van der Waals surface area contributed by atoms with Crippen molar-refractivity contribution in [2.75, 3.05) is 30.8 Å². The zero-order valence-electron chi connectivity index (χ0n) is 20.6. The third-order valence-corrected chi connectivity index (χ3v) is 6.50. The normalized spacial score (nSPS) is 14.9. The van der Waals surface area contributed by atoms with Gasteiger partial charge in [0.25, 0.3) is 5.88 Å². The number of nitrogen functional groups attached to an aromatic ring is 1. The van der Waals surface area contributed by atoms with Crippen LogP contribution in [0.3, 0.4) is 0 Å². The maximum Gasteiger partial charge on any atom is 0.405 e. The third-order valence-electron chi connectivity index (χ3n) is 6.50. The molecule has 4 heterocycles. The fourth-order valence-electron chi connectivity index (χ4n) is 4.35. The third kappa shape index (κ3) is 5.17. The number of hydrogen-bond donors (Lipinski definition) is 3. The van der Waals surface area contributed by atoms with Gasteiger partial charge in [0.15, 0.2) is 22.7 Å². The number of pyridine rings is 1. The lowest BCUT2D eigenvalue weighted by molar-refractivity contribution is 0.173. The summed E-state index contributed by atoms with van der Waals surface area (Å²) in [6.07, 6.45) is 3.57. The van der Waals surface area contributed by atoms with E-state index < -0.39 is 11.6 Å². The van der Waals surface area contributed by atoms with Crippen molar-refractivity contribution in [2.45, 2.75) is 31.8 Å². The van der Waals surface area contributed by atoms with Gasteiger partial charge in [0.1, 0.15) is 11.6 Å². The molecule has 37 heavy (non-hydrogen) atoms. The molecule has 0 saturated carbocycles. The van der Waals surface area contributed by atoms with Crippen LogP contribution in [0.2, 0.25) is 0 Å². The van der Waals surface area contributed by atoms with Crippen molar-refractivity contribution < 1.29 is 19.4 Å². The van der Waals surface area contributed by atoms with E-state index in [1.807, 2.05) is 31.2 Å². The predicted molar refractivity (Wildman–Crippen MR) is 137 cm³/mol. The van der Waals surface area contributed by atoms with Crippen LogP contribution >= 0.6 is 0 Å². The molecular formula is C25H28N8O4. The van der Waals surface area contributed by atoms with Crippen LogP contribution in [-0.2, 0) is 6.54 Å². The molecule has 1 fully saturated rings. The van der Waals surface area contributed by atoms with E-state index in [4.69, 9.17) is 25.3 Å². The molecule has 0 unspecified atom stereocenters. The summed E-state index contributed by atoms with van der Waals surface area (Å²) in [6, 6.07) is 11.2. The quantitative estimate of drug-likeness (QED) is 0.342. The maximum atomic E-state index is 11.2. The standard InChI is InChI=1S/C25H28N8O4/c1-25(30-24(34)35)9-12-32(13-10-25)19-14-28-20-22(29-19)33(15-16-5-7-17(36-2)8-6-16)31-23(20)37-18-4-3-11-27-21(18)26/h3-8,11,14,30H,9-10,12-13,15H2,1-2H3,(H2,26,27)(H,34,35). The first kappa shape index (κ1) is 24.1. The fraction of sp³-hybridized carbons (Fsp3) is 0.320. The van der Waals surface area contributed by atoms with Gasteiger partial charge in [-0.1, -0.05) is 12.1 Å². The van der Waals surface area contributed by atoms with Gasteiger partial charge in [0.2, 0.25) is 0 Å². The van der Waals surface area contributed by atoms with Gasteiger partial charge in [-0.25, -0.2) is 24.4 Å². The molecular weight excluding hydrogens is 476 g/mol. The minimum absolute atomic E-state index is 0.247. The number of nitrogens with one attached hydrogen (secondary N) is 1. The molecule has 1 amide bonds. The van der Waals surface area contributed by atoms with E-state index in [2.05, 4.69) is 25.3 Å². The van der Waals surface area contributed by atoms with E-state index in [0.29, 0.717) is 55.2 Å². The van der Waals surface area contributed by atoms with Crippen molar-refractivity contribution in [1.82, 2.24) is 30.0 Å². The number of nitrogens with zero attached hydrogens (tertiary/aromatic N) is 6. The highest BCUT2D eigenvalue weighted by Gasteiger charge is 2.32. The number of aromatic nitrogens is 5. The Hall–Kier alpha value is -4.61. The molecule has 5 rings (SSSR count). The number of fused-ring (bicyclic) bond motifs is 1. The zero-order valence-corrected chi connectivity index (χ0v) is 20.6. The molecule has 12 nitrogen and oxygen atoms in total. The number of carboxylic acid groups (broad SMARTS) is 1. The Morgan fingerprint density at radius 3 is 2.62 bits per heavy atom. The van der Waals surface area contributed by atoms with Gasteiger partial charge in [-0.05, 0) is 49.6 Å². The van der Waals surface area contributed by atoms with Crippen LogP contribution < -0.4 is 25.4 Å². The van der Waals surface area contributed by atoms with E-state index in [-0.39, 0.29) is 11.7 Å². The minimum Gasteiger partial charge on any atom is -0.497 e. The Bertz CT molecular complexity index is 1410. The summed E-state index contributed by atoms with van der Waals surface area (Å²) >= 11 is 0. The first-order valence-corrected chi connectivity index (χ1v) is 11.8. The second kappa shape index (κ2) is 9.80. The van der Waals surface area contributed by atoms with Crippen LogP contribution in [0.25, 0.3) is 11.2 Å². The Balaban J connectivity index is 1.47. The Morgan fingerprint density at radius 2 is 1.95 bits per heavy atom. The zero-order chi connectivity index (χ0) is 26.0. The molecule has 1 aliphatic heterocycles. The van der Waals surface area contributed by atoms with Crippen molar-refractivity contribution in [2.24, 2.45) is 0 Å². The molecule has 0 atom stereocenters. The Morgan fingerprint density at radius 1 is 1.19 bits per heavy atom. The second-order valence-electron chi connectivity index (χ2n) is 9.18. The molecule has 1 aromatic carbocycles. The van der Waals surface area contributed by atoms with Crippen LogP contribution in [0.5, 0.6) is 17.4 Å². The summed E-state index contributed by atoms with van der Waals surface area (Å²) in [5.41, 5.74) is 7.56. The van der Waals surface area contributed by atoms with Gasteiger partial charge >= 0.3 is 6.09 Å². The van der Waals surface area contributed by atoms with Crippen LogP contribution in [0.1, 0.15) is 25.3 Å². The van der Waals surface area contributed by atoms with Crippen LogP contribution in [-0.4, -0.2) is 61.7 Å². The number of carbonyl (C=O) groups is 1. The first-order chi connectivity index (χ1) is 17.8. The number of piperidine rings is 1. The van der Waals surface area contributed by atoms with Crippen LogP contribution in [0.15, 0.2) is 48.8 Å². The summed E-state index contributed by atoms with van der Waals surface area (Å²) in [5, 5.41) is 16.5. The molecule has 1 aliphatic rings. The number of ether oxygens (including phenoxy) is 2. The molecule has 0 aliphatic carbocycles. The van der Waals surface area contributed by atoms with E-state index in [9.17, 15) is 4.79 Å². The lowest BCUT2D eigenvalue weighted by Crippen LogP contribution is -2.53. The highest BCUT2D eigenvalue weighted by atomic mass is 16.5. The van der Waals surface area contributed by atoms with E-state index in [0.717, 1.165) is 11.3 Å². The highest BCUT2D eigenvalue weighted by Crippen LogP contribution is 2.32. The molecule has 1 saturated heterocycles. The Labute approximate surface area is 213 Å². The van der Waals surface area contributed by atoms with E-state index in [1.54, 1.807) is 36.3 Å². The summed E-state index contributed by atoms with van der Waals surface area (Å²) in [5.74, 6) is 2.36. The summed E-state index contributed by atoms with van der Waals surface area (Å²) in [4.78, 5) is 26.9. The van der Waals surface area contributed by atoms with Crippen molar-refractivity contribution in [1.29, 1.82) is 0 Å². The van der Waals surface area contributed by atoms with Crippen LogP contribution in [0, 0.1) is 0 Å². The van der Waals surface area contributed by atoms with Gasteiger partial charge < -0.3 is 30.5 Å². The maximum absolute atomic E-state index is 11.2. The first-order valence-electron chi connectivity index (χ1n) is 11.8. The number of benzene rings is 1. The molecule has 0 bridgehead atoms. The van der Waals surface area contributed by atoms with Crippen LogP contribution in [0.4, 0.5) is 16.4 Å². The average molecular weight is 505 g/mol. The number of amides is 1. The number of methoxy groups -OCH3 is 1. The highest BCUT2D eigenvalue weighted by molar-refractivity contribution is 5.78. The Kier molecular flexibility index (Phi) is 6.38. The number of anilines is 2. The largest absolute Gasteiger partial charge is 0.497 e. The number of hydrogen-bond acceptors (Lipinski definition) is 9. The smallest absolute Gasteiger partial charge is 0.405 e. The summed E-state index contributed by atoms with van der Waals surface area (Å²) in [6.45, 7) is 3.63. The van der Waals surface area contributed by atoms with E-state index in [1.165, 1.54) is 0 Å².